The maximum absolute atomic E-state index is 15.7. The van der Waals surface area contributed by atoms with E-state index in [9.17, 15) is 9.90 Å². The third-order valence-electron chi connectivity index (χ3n) is 7.38. The number of ether oxygens (including phenoxy) is 4. The first-order valence-corrected chi connectivity index (χ1v) is 12.9. The predicted octanol–water partition coefficient (Wildman–Crippen LogP) is 5.55. The van der Waals surface area contributed by atoms with Gasteiger partial charge in [0.1, 0.15) is 11.3 Å². The summed E-state index contributed by atoms with van der Waals surface area (Å²) >= 11 is 0. The molecule has 3 fully saturated rings. The molecule has 0 unspecified atom stereocenters. The molecule has 2 aromatic rings. The Hall–Kier alpha value is -2.84. The van der Waals surface area contributed by atoms with Gasteiger partial charge in [0.2, 0.25) is 0 Å². The summed E-state index contributed by atoms with van der Waals surface area (Å²) in [7, 11) is 1.55. The second-order valence-corrected chi connectivity index (χ2v) is 10.0. The molecule has 1 aliphatic heterocycles. The van der Waals surface area contributed by atoms with Crippen LogP contribution in [0.5, 0.6) is 11.5 Å². The highest BCUT2D eigenvalue weighted by atomic mass is 19.1. The fraction of sp³-hybridized carbons (Fsp3) is 0.536. The van der Waals surface area contributed by atoms with E-state index in [-0.39, 0.29) is 18.0 Å². The molecule has 2 N–H and O–H groups in total. The van der Waals surface area contributed by atoms with E-state index in [4.69, 9.17) is 18.9 Å². The molecular weight excluding hydrogens is 465 g/mol. The number of halogens is 1. The number of carbonyl (C=O) groups is 1. The van der Waals surface area contributed by atoms with Crippen LogP contribution >= 0.6 is 0 Å². The van der Waals surface area contributed by atoms with Gasteiger partial charge in [0.05, 0.1) is 25.9 Å². The molecule has 1 saturated heterocycles. The first-order chi connectivity index (χ1) is 17.5. The third kappa shape index (κ3) is 5.44. The summed E-state index contributed by atoms with van der Waals surface area (Å²) in [4.78, 5) is 12.2. The lowest BCUT2D eigenvalue weighted by Crippen LogP contribution is -2.50. The first kappa shape index (κ1) is 24.8. The van der Waals surface area contributed by atoms with Gasteiger partial charge in [0, 0.05) is 43.4 Å². The van der Waals surface area contributed by atoms with E-state index in [1.165, 1.54) is 0 Å². The minimum absolute atomic E-state index is 0.0443. The maximum Gasteiger partial charge on any atom is 0.329 e. The van der Waals surface area contributed by atoms with Crippen LogP contribution in [0.4, 0.5) is 10.1 Å². The van der Waals surface area contributed by atoms with Crippen molar-refractivity contribution in [2.24, 2.45) is 0 Å². The summed E-state index contributed by atoms with van der Waals surface area (Å²) < 4.78 is 38.6. The largest absolute Gasteiger partial charge is 0.497 e. The lowest BCUT2D eigenvalue weighted by molar-refractivity contribution is -0.145. The zero-order chi connectivity index (χ0) is 25.1. The molecule has 2 saturated carbocycles. The predicted molar refractivity (Wildman–Crippen MR) is 133 cm³/mol. The zero-order valence-electron chi connectivity index (χ0n) is 20.7. The fourth-order valence-electron chi connectivity index (χ4n) is 5.04. The van der Waals surface area contributed by atoms with Crippen molar-refractivity contribution < 1.29 is 33.2 Å². The van der Waals surface area contributed by atoms with Crippen LogP contribution in [-0.4, -0.2) is 49.1 Å². The van der Waals surface area contributed by atoms with Crippen LogP contribution in [0.15, 0.2) is 30.3 Å². The Labute approximate surface area is 210 Å². The Kier molecular flexibility index (Phi) is 7.34. The minimum Gasteiger partial charge on any atom is -0.497 e. The molecule has 0 amide bonds. The molecule has 3 aliphatic rings. The van der Waals surface area contributed by atoms with Crippen molar-refractivity contribution in [3.05, 3.63) is 41.7 Å². The molecule has 0 spiro atoms. The third-order valence-corrected chi connectivity index (χ3v) is 7.38. The number of carboxylic acid groups (broad SMARTS) is 1. The second-order valence-electron chi connectivity index (χ2n) is 10.0. The lowest BCUT2D eigenvalue weighted by atomic mass is 9.89. The van der Waals surface area contributed by atoms with Crippen LogP contribution in [0.2, 0.25) is 0 Å². The van der Waals surface area contributed by atoms with E-state index in [1.807, 2.05) is 12.1 Å². The molecule has 2 aliphatic carbocycles. The summed E-state index contributed by atoms with van der Waals surface area (Å²) in [5.74, 6) is -0.640. The Bertz CT molecular complexity index is 1090. The molecular formula is C28H34FNO6. The standard InChI is InChI=1S/C28H34FNO6/c1-33-22-15-24(26(29)25(16-22)36-21-7-8-21)23-9-6-19(14-18(23)17-35-20-4-2-3-5-20)30-28(27(31)32)10-12-34-13-11-28/h6,9,14-16,20-21,30H,2-5,7-8,10-13,17H2,1H3,(H,31,32). The molecule has 7 nitrogen and oxygen atoms in total. The monoisotopic (exact) mass is 499 g/mol. The van der Waals surface area contributed by atoms with Gasteiger partial charge in [-0.15, -0.1) is 0 Å². The van der Waals surface area contributed by atoms with Crippen molar-refractivity contribution in [1.82, 2.24) is 0 Å². The second kappa shape index (κ2) is 10.6. The van der Waals surface area contributed by atoms with Crippen LogP contribution in [0.3, 0.4) is 0 Å². The number of benzene rings is 2. The Balaban J connectivity index is 1.51. The normalized spacial score (nSPS) is 19.7. The van der Waals surface area contributed by atoms with Crippen molar-refractivity contribution in [3.8, 4) is 22.6 Å². The van der Waals surface area contributed by atoms with Crippen molar-refractivity contribution in [1.29, 1.82) is 0 Å². The SMILES string of the molecule is COc1cc(OC2CC2)c(F)c(-c2ccc(NC3(C(=O)O)CCOCC3)cc2COC2CCCC2)c1. The van der Waals surface area contributed by atoms with Gasteiger partial charge in [-0.3, -0.25) is 0 Å². The molecule has 36 heavy (non-hydrogen) atoms. The van der Waals surface area contributed by atoms with E-state index < -0.39 is 17.3 Å². The Morgan fingerprint density at radius 1 is 1.08 bits per heavy atom. The van der Waals surface area contributed by atoms with Crippen molar-refractivity contribution in [2.45, 2.75) is 75.7 Å². The zero-order valence-corrected chi connectivity index (χ0v) is 20.7. The highest BCUT2D eigenvalue weighted by molar-refractivity contribution is 5.83. The highest BCUT2D eigenvalue weighted by Gasteiger charge is 2.40. The van der Waals surface area contributed by atoms with Crippen LogP contribution in [-0.2, 0) is 20.9 Å². The molecule has 1 heterocycles. The van der Waals surface area contributed by atoms with E-state index in [0.29, 0.717) is 55.2 Å². The Morgan fingerprint density at radius 3 is 2.50 bits per heavy atom. The smallest absolute Gasteiger partial charge is 0.329 e. The van der Waals surface area contributed by atoms with E-state index in [2.05, 4.69) is 5.32 Å². The number of methoxy groups -OCH3 is 1. The van der Waals surface area contributed by atoms with Crippen LogP contribution in [0, 0.1) is 5.82 Å². The number of anilines is 1. The van der Waals surface area contributed by atoms with Crippen LogP contribution in [0.25, 0.3) is 11.1 Å². The van der Waals surface area contributed by atoms with Crippen LogP contribution in [0.1, 0.15) is 56.9 Å². The molecule has 194 valence electrons. The van der Waals surface area contributed by atoms with Crippen LogP contribution < -0.4 is 14.8 Å². The molecule has 0 aromatic heterocycles. The summed E-state index contributed by atoms with van der Waals surface area (Å²) in [5.41, 5.74) is 1.39. The van der Waals surface area contributed by atoms with Crippen molar-refractivity contribution in [3.63, 3.8) is 0 Å². The molecule has 5 rings (SSSR count). The molecule has 2 aromatic carbocycles. The number of aliphatic carboxylic acids is 1. The number of rotatable bonds is 10. The van der Waals surface area contributed by atoms with Crippen molar-refractivity contribution >= 4 is 11.7 Å². The summed E-state index contributed by atoms with van der Waals surface area (Å²) in [6.45, 7) is 1.07. The molecule has 0 bridgehead atoms. The fourth-order valence-corrected chi connectivity index (χ4v) is 5.04. The highest BCUT2D eigenvalue weighted by Crippen LogP contribution is 2.40. The summed E-state index contributed by atoms with van der Waals surface area (Å²) in [6, 6.07) is 8.76. The maximum atomic E-state index is 15.7. The topological polar surface area (TPSA) is 86.3 Å². The molecule has 8 heteroatoms. The number of nitrogens with one attached hydrogen (secondary N) is 1. The minimum atomic E-state index is -1.10. The van der Waals surface area contributed by atoms with E-state index in [0.717, 1.165) is 44.1 Å². The molecule has 0 atom stereocenters. The van der Waals surface area contributed by atoms with Crippen molar-refractivity contribution in [2.75, 3.05) is 25.6 Å². The van der Waals surface area contributed by atoms with Gasteiger partial charge in [-0.1, -0.05) is 18.9 Å². The first-order valence-electron chi connectivity index (χ1n) is 12.9. The quantitative estimate of drug-likeness (QED) is 0.443. The van der Waals surface area contributed by atoms with Gasteiger partial charge in [-0.25, -0.2) is 9.18 Å². The lowest BCUT2D eigenvalue weighted by Gasteiger charge is -2.35. The van der Waals surface area contributed by atoms with E-state index in [1.54, 1.807) is 25.3 Å². The van der Waals surface area contributed by atoms with Gasteiger partial charge in [0.15, 0.2) is 11.6 Å². The average Bonchev–Trinajstić information content (AvgIpc) is 3.55. The van der Waals surface area contributed by atoms with Gasteiger partial charge < -0.3 is 29.4 Å². The number of carboxylic acids is 1. The van der Waals surface area contributed by atoms with Gasteiger partial charge >= 0.3 is 5.97 Å². The van der Waals surface area contributed by atoms with E-state index >= 15 is 4.39 Å². The number of hydrogen-bond donors (Lipinski definition) is 2. The Morgan fingerprint density at radius 2 is 1.83 bits per heavy atom. The number of hydrogen-bond acceptors (Lipinski definition) is 6. The van der Waals surface area contributed by atoms with Gasteiger partial charge in [-0.2, -0.15) is 0 Å². The summed E-state index contributed by atoms with van der Waals surface area (Å²) in [6.07, 6.45) is 7.12. The van der Waals surface area contributed by atoms with Gasteiger partial charge in [0.25, 0.3) is 0 Å². The summed E-state index contributed by atoms with van der Waals surface area (Å²) in [5, 5.41) is 13.2. The van der Waals surface area contributed by atoms with Gasteiger partial charge in [-0.05, 0) is 55.0 Å². The molecule has 0 radical (unpaired) electrons. The average molecular weight is 500 g/mol.